The minimum absolute atomic E-state index is 0.0714. The number of aromatic nitrogens is 3. The molecule has 1 saturated carbocycles. The zero-order chi connectivity index (χ0) is 17.8. The Morgan fingerprint density at radius 3 is 2.72 bits per heavy atom. The molecule has 0 unspecified atom stereocenters. The highest BCUT2D eigenvalue weighted by Crippen LogP contribution is 2.45. The summed E-state index contributed by atoms with van der Waals surface area (Å²) in [4.78, 5) is 4.35. The Labute approximate surface area is 140 Å². The van der Waals surface area contributed by atoms with Gasteiger partial charge in [-0.1, -0.05) is 0 Å². The molecule has 8 heteroatoms. The van der Waals surface area contributed by atoms with E-state index in [1.165, 1.54) is 0 Å². The maximum Gasteiger partial charge on any atom is 0.431 e. The molecule has 0 spiro atoms. The Morgan fingerprint density at radius 2 is 2.08 bits per heavy atom. The molecule has 0 amide bonds. The Hall–Kier alpha value is -2.90. The first-order valence-corrected chi connectivity index (χ1v) is 7.74. The number of aromatic amines is 1. The van der Waals surface area contributed by atoms with Gasteiger partial charge in [-0.2, -0.15) is 18.3 Å². The first-order chi connectivity index (χ1) is 11.9. The molecule has 4 rings (SSSR count). The van der Waals surface area contributed by atoms with Gasteiger partial charge in [0.15, 0.2) is 0 Å². The molecule has 5 nitrogen and oxygen atoms in total. The van der Waals surface area contributed by atoms with E-state index in [9.17, 15) is 13.2 Å². The summed E-state index contributed by atoms with van der Waals surface area (Å²) < 4.78 is 39.0. The van der Waals surface area contributed by atoms with Crippen LogP contribution in [0.5, 0.6) is 0 Å². The number of H-pyrrole nitrogens is 1. The van der Waals surface area contributed by atoms with Gasteiger partial charge in [0, 0.05) is 22.6 Å². The van der Waals surface area contributed by atoms with Crippen molar-refractivity contribution in [3.8, 4) is 0 Å². The van der Waals surface area contributed by atoms with E-state index in [2.05, 4.69) is 15.2 Å². The number of nitrogens with zero attached hydrogens (tertiary/aromatic N) is 2. The Balaban J connectivity index is 2.04. The van der Waals surface area contributed by atoms with Crippen LogP contribution in [0.2, 0.25) is 0 Å². The van der Waals surface area contributed by atoms with Crippen LogP contribution in [-0.2, 0) is 0 Å². The number of hydrogen-bond acceptors (Lipinski definition) is 4. The highest BCUT2D eigenvalue weighted by atomic mass is 19.4. The lowest BCUT2D eigenvalue weighted by Crippen LogP contribution is -2.22. The second-order valence-corrected chi connectivity index (χ2v) is 6.13. The minimum Gasteiger partial charge on any atom is -0.394 e. The monoisotopic (exact) mass is 345 g/mol. The Morgan fingerprint density at radius 1 is 1.32 bits per heavy atom. The summed E-state index contributed by atoms with van der Waals surface area (Å²) in [7, 11) is 0. The molecule has 0 aliphatic heterocycles. The minimum atomic E-state index is -4.71. The van der Waals surface area contributed by atoms with E-state index in [0.717, 1.165) is 34.7 Å². The molecule has 0 saturated heterocycles. The quantitative estimate of drug-likeness (QED) is 0.629. The molecule has 2 aromatic heterocycles. The van der Waals surface area contributed by atoms with E-state index in [1.54, 1.807) is 24.4 Å². The number of rotatable bonds is 3. The molecular weight excluding hydrogens is 331 g/mol. The molecule has 0 radical (unpaired) electrons. The van der Waals surface area contributed by atoms with Gasteiger partial charge >= 0.3 is 6.18 Å². The van der Waals surface area contributed by atoms with E-state index in [-0.39, 0.29) is 11.6 Å². The maximum absolute atomic E-state index is 13.0. The molecule has 1 aliphatic carbocycles. The van der Waals surface area contributed by atoms with E-state index >= 15 is 0 Å². The smallest absolute Gasteiger partial charge is 0.394 e. The Bertz CT molecular complexity index is 1030. The van der Waals surface area contributed by atoms with Crippen LogP contribution >= 0.6 is 0 Å². The van der Waals surface area contributed by atoms with Crippen LogP contribution in [0.15, 0.2) is 30.1 Å². The van der Waals surface area contributed by atoms with Crippen molar-refractivity contribution in [1.29, 1.82) is 5.41 Å². The van der Waals surface area contributed by atoms with Crippen molar-refractivity contribution < 1.29 is 13.2 Å². The second kappa shape index (κ2) is 5.30. The predicted molar refractivity (Wildman–Crippen MR) is 89.3 cm³/mol. The number of hydrogen-bond donors (Lipinski definition) is 3. The average Bonchev–Trinajstić information content (AvgIpc) is 3.30. The third kappa shape index (κ3) is 2.54. The van der Waals surface area contributed by atoms with Crippen molar-refractivity contribution in [1.82, 2.24) is 15.2 Å². The number of fused-ring (bicyclic) bond motifs is 3. The van der Waals surface area contributed by atoms with Gasteiger partial charge in [-0.3, -0.25) is 5.10 Å². The first kappa shape index (κ1) is 15.6. The number of nitrogens with one attached hydrogen (secondary N) is 2. The van der Waals surface area contributed by atoms with Gasteiger partial charge < -0.3 is 11.1 Å². The predicted octanol–water partition coefficient (Wildman–Crippen LogP) is 3.87. The van der Waals surface area contributed by atoms with Crippen molar-refractivity contribution in [3.63, 3.8) is 0 Å². The van der Waals surface area contributed by atoms with E-state index in [4.69, 9.17) is 11.1 Å². The van der Waals surface area contributed by atoms with E-state index in [0.29, 0.717) is 11.7 Å². The molecule has 4 N–H and O–H groups in total. The molecule has 0 atom stereocenters. The van der Waals surface area contributed by atoms with Crippen LogP contribution < -0.4 is 5.73 Å². The summed E-state index contributed by atoms with van der Waals surface area (Å²) in [6.07, 6.45) is -0.444. The zero-order valence-corrected chi connectivity index (χ0v) is 13.0. The van der Waals surface area contributed by atoms with Gasteiger partial charge in [-0.15, -0.1) is 0 Å². The highest BCUT2D eigenvalue weighted by molar-refractivity contribution is 6.11. The average molecular weight is 345 g/mol. The van der Waals surface area contributed by atoms with Crippen molar-refractivity contribution in [2.45, 2.75) is 24.9 Å². The van der Waals surface area contributed by atoms with Crippen molar-refractivity contribution in [2.24, 2.45) is 5.73 Å². The fourth-order valence-corrected chi connectivity index (χ4v) is 3.08. The largest absolute Gasteiger partial charge is 0.431 e. The molecule has 0 bridgehead atoms. The van der Waals surface area contributed by atoms with Gasteiger partial charge in [0.2, 0.25) is 0 Å². The SMILES string of the molecule is N=CC(=C(N)C(F)(F)F)c1cc(C2CC2)c2c(ccc3[nH]ncc32)n1. The summed E-state index contributed by atoms with van der Waals surface area (Å²) in [5, 5.41) is 16.1. The molecule has 128 valence electrons. The zero-order valence-electron chi connectivity index (χ0n) is 13.0. The summed E-state index contributed by atoms with van der Waals surface area (Å²) in [5.41, 5.74) is 5.95. The number of allylic oxidation sites excluding steroid dienone is 2. The molecule has 2 heterocycles. The second-order valence-electron chi connectivity index (χ2n) is 6.13. The topological polar surface area (TPSA) is 91.4 Å². The lowest BCUT2D eigenvalue weighted by atomic mass is 9.98. The highest BCUT2D eigenvalue weighted by Gasteiger charge is 2.35. The van der Waals surface area contributed by atoms with Gasteiger partial charge in [-0.05, 0) is 42.5 Å². The van der Waals surface area contributed by atoms with Crippen molar-refractivity contribution in [2.75, 3.05) is 0 Å². The van der Waals surface area contributed by atoms with Crippen LogP contribution in [-0.4, -0.2) is 27.6 Å². The molecular formula is C17H14F3N5. The summed E-state index contributed by atoms with van der Waals surface area (Å²) >= 11 is 0. The summed E-state index contributed by atoms with van der Waals surface area (Å²) in [5.74, 6) is 0.281. The van der Waals surface area contributed by atoms with Crippen LogP contribution in [0.25, 0.3) is 27.4 Å². The lowest BCUT2D eigenvalue weighted by Gasteiger charge is -2.14. The number of pyridine rings is 1. The number of halogens is 3. The molecule has 1 aromatic carbocycles. The Kier molecular flexibility index (Phi) is 3.31. The standard InChI is InChI=1S/C17H14F3N5/c18-17(19,20)16(22)10(6-21)14-5-9(8-1-2-8)15-11-7-23-25-12(11)3-4-13(15)24-14/h3-8,21H,1-2,22H2,(H,23,25). The lowest BCUT2D eigenvalue weighted by molar-refractivity contribution is -0.0918. The third-order valence-electron chi connectivity index (χ3n) is 4.46. The molecule has 25 heavy (non-hydrogen) atoms. The van der Waals surface area contributed by atoms with Crippen molar-refractivity contribution >= 4 is 33.6 Å². The van der Waals surface area contributed by atoms with Crippen LogP contribution in [0.1, 0.15) is 30.0 Å². The molecule has 3 aromatic rings. The summed E-state index contributed by atoms with van der Waals surface area (Å²) in [6, 6.07) is 5.17. The fraction of sp³-hybridized carbons (Fsp3) is 0.235. The van der Waals surface area contributed by atoms with E-state index < -0.39 is 17.4 Å². The van der Waals surface area contributed by atoms with Crippen LogP contribution in [0.4, 0.5) is 13.2 Å². The maximum atomic E-state index is 13.0. The van der Waals surface area contributed by atoms with Gasteiger partial charge in [0.05, 0.1) is 22.9 Å². The van der Waals surface area contributed by atoms with Gasteiger partial charge in [-0.25, -0.2) is 4.98 Å². The van der Waals surface area contributed by atoms with E-state index in [1.807, 2.05) is 0 Å². The third-order valence-corrected chi connectivity index (χ3v) is 4.46. The van der Waals surface area contributed by atoms with Gasteiger partial charge in [0.1, 0.15) is 5.70 Å². The number of nitrogens with two attached hydrogens (primary N) is 1. The van der Waals surface area contributed by atoms with Crippen LogP contribution in [0, 0.1) is 5.41 Å². The van der Waals surface area contributed by atoms with Gasteiger partial charge in [0.25, 0.3) is 0 Å². The molecule has 1 aliphatic rings. The van der Waals surface area contributed by atoms with Crippen LogP contribution in [0.3, 0.4) is 0 Å². The summed E-state index contributed by atoms with van der Waals surface area (Å²) in [6.45, 7) is 0. The van der Waals surface area contributed by atoms with Crippen molar-refractivity contribution in [3.05, 3.63) is 41.4 Å². The number of benzene rings is 1. The first-order valence-electron chi connectivity index (χ1n) is 7.74. The number of alkyl halides is 3. The molecule has 1 fully saturated rings. The fourth-order valence-electron chi connectivity index (χ4n) is 3.08. The normalized spacial score (nSPS) is 16.3.